The highest BCUT2D eigenvalue weighted by molar-refractivity contribution is 5.19. The molecule has 2 spiro atoms. The maximum Gasteiger partial charge on any atom is -0.0235 e. The summed E-state index contributed by atoms with van der Waals surface area (Å²) < 4.78 is 0. The zero-order chi connectivity index (χ0) is 9.23. The molecule has 0 aromatic carbocycles. The Morgan fingerprint density at radius 3 is 1.71 bits per heavy atom. The zero-order valence-corrected chi connectivity index (χ0v) is 9.23. The molecule has 0 saturated heterocycles. The Hall–Kier alpha value is 0. The van der Waals surface area contributed by atoms with Gasteiger partial charge in [0.25, 0.3) is 0 Å². The summed E-state index contributed by atoms with van der Waals surface area (Å²) in [4.78, 5) is 0. The molecule has 14 heavy (non-hydrogen) atoms. The van der Waals surface area contributed by atoms with Gasteiger partial charge in [0.15, 0.2) is 0 Å². The molecular weight excluding hydrogens is 168 g/mol. The molecule has 4 saturated carbocycles. The quantitative estimate of drug-likeness (QED) is 0.538. The largest absolute Gasteiger partial charge is 0.0528 e. The average Bonchev–Trinajstić information content (AvgIpc) is 2.75. The van der Waals surface area contributed by atoms with Gasteiger partial charge in [-0.2, -0.15) is 0 Å². The van der Waals surface area contributed by atoms with Gasteiger partial charge in [0.1, 0.15) is 0 Å². The van der Waals surface area contributed by atoms with Crippen molar-refractivity contribution in [2.75, 3.05) is 0 Å². The van der Waals surface area contributed by atoms with Gasteiger partial charge < -0.3 is 0 Å². The van der Waals surface area contributed by atoms with Gasteiger partial charge in [0.2, 0.25) is 0 Å². The second kappa shape index (κ2) is 2.39. The van der Waals surface area contributed by atoms with Crippen LogP contribution in [0, 0.1) is 22.7 Å². The van der Waals surface area contributed by atoms with E-state index in [1.54, 1.807) is 64.2 Å². The Morgan fingerprint density at radius 1 is 0.643 bits per heavy atom. The van der Waals surface area contributed by atoms with Crippen molar-refractivity contribution in [3.63, 3.8) is 0 Å². The van der Waals surface area contributed by atoms with E-state index in [1.807, 2.05) is 0 Å². The average molecular weight is 190 g/mol. The SMILES string of the molecule is C1CCC2(C1)CC1C(C2)C12CCCC2. The van der Waals surface area contributed by atoms with Gasteiger partial charge in [-0.1, -0.05) is 25.7 Å². The van der Waals surface area contributed by atoms with Gasteiger partial charge in [-0.15, -0.1) is 0 Å². The van der Waals surface area contributed by atoms with Gasteiger partial charge in [0, 0.05) is 0 Å². The van der Waals surface area contributed by atoms with Gasteiger partial charge in [-0.05, 0) is 61.2 Å². The standard InChI is InChI=1S/C14H22/c1-2-6-13(5-1)9-11-12(10-13)14(11)7-3-4-8-14/h11-12H,1-10H2. The van der Waals surface area contributed by atoms with Crippen molar-refractivity contribution in [1.82, 2.24) is 0 Å². The van der Waals surface area contributed by atoms with Gasteiger partial charge in [-0.3, -0.25) is 0 Å². The van der Waals surface area contributed by atoms with Crippen LogP contribution in [-0.4, -0.2) is 0 Å². The third-order valence-corrected chi connectivity index (χ3v) is 6.36. The summed E-state index contributed by atoms with van der Waals surface area (Å²) in [6, 6.07) is 0. The normalized spacial score (nSPS) is 46.3. The lowest BCUT2D eigenvalue weighted by Crippen LogP contribution is -2.18. The molecule has 0 aromatic heterocycles. The monoisotopic (exact) mass is 190 g/mol. The first kappa shape index (κ1) is 8.19. The van der Waals surface area contributed by atoms with Crippen molar-refractivity contribution in [3.05, 3.63) is 0 Å². The van der Waals surface area contributed by atoms with E-state index < -0.39 is 0 Å². The highest BCUT2D eigenvalue weighted by Gasteiger charge is 2.70. The Kier molecular flexibility index (Phi) is 1.40. The molecule has 0 radical (unpaired) electrons. The van der Waals surface area contributed by atoms with Crippen LogP contribution in [0.2, 0.25) is 0 Å². The number of hydrogen-bond donors (Lipinski definition) is 0. The smallest absolute Gasteiger partial charge is 0.0235 e. The van der Waals surface area contributed by atoms with Crippen LogP contribution in [0.4, 0.5) is 0 Å². The van der Waals surface area contributed by atoms with Crippen LogP contribution in [0.5, 0.6) is 0 Å². The van der Waals surface area contributed by atoms with Gasteiger partial charge in [0.05, 0.1) is 0 Å². The molecule has 0 N–H and O–H groups in total. The van der Waals surface area contributed by atoms with Gasteiger partial charge in [-0.25, -0.2) is 0 Å². The molecule has 0 heteroatoms. The molecule has 0 amide bonds. The van der Waals surface area contributed by atoms with Crippen LogP contribution in [0.3, 0.4) is 0 Å². The highest BCUT2D eigenvalue weighted by Crippen LogP contribution is 2.79. The van der Waals surface area contributed by atoms with Crippen molar-refractivity contribution in [2.45, 2.75) is 64.2 Å². The predicted molar refractivity (Wildman–Crippen MR) is 58.0 cm³/mol. The first-order chi connectivity index (χ1) is 6.85. The van der Waals surface area contributed by atoms with Crippen molar-refractivity contribution < 1.29 is 0 Å². The summed E-state index contributed by atoms with van der Waals surface area (Å²) in [5.41, 5.74) is 1.83. The van der Waals surface area contributed by atoms with E-state index in [0.29, 0.717) is 0 Å². The Morgan fingerprint density at radius 2 is 1.14 bits per heavy atom. The van der Waals surface area contributed by atoms with E-state index in [1.165, 1.54) is 11.8 Å². The molecule has 0 nitrogen and oxygen atoms in total. The molecule has 0 aromatic rings. The van der Waals surface area contributed by atoms with Gasteiger partial charge >= 0.3 is 0 Å². The molecule has 4 fully saturated rings. The number of hydrogen-bond acceptors (Lipinski definition) is 0. The maximum absolute atomic E-state index is 1.65. The molecule has 0 aliphatic heterocycles. The summed E-state index contributed by atoms with van der Waals surface area (Å²) in [5.74, 6) is 2.42. The summed E-state index contributed by atoms with van der Waals surface area (Å²) in [5, 5.41) is 0. The molecule has 4 aliphatic rings. The molecule has 78 valence electrons. The van der Waals surface area contributed by atoms with Crippen molar-refractivity contribution in [2.24, 2.45) is 22.7 Å². The number of fused-ring (bicyclic) bond motifs is 3. The first-order valence-electron chi connectivity index (χ1n) is 6.85. The fraction of sp³-hybridized carbons (Fsp3) is 1.00. The molecule has 0 heterocycles. The first-order valence-corrected chi connectivity index (χ1v) is 6.85. The topological polar surface area (TPSA) is 0 Å². The second-order valence-corrected chi connectivity index (χ2v) is 6.77. The van der Waals surface area contributed by atoms with Crippen LogP contribution in [0.15, 0.2) is 0 Å². The van der Waals surface area contributed by atoms with E-state index in [9.17, 15) is 0 Å². The van der Waals surface area contributed by atoms with Crippen LogP contribution in [0.25, 0.3) is 0 Å². The zero-order valence-electron chi connectivity index (χ0n) is 9.23. The maximum atomic E-state index is 1.65. The summed E-state index contributed by atoms with van der Waals surface area (Å²) in [6.45, 7) is 0. The minimum Gasteiger partial charge on any atom is -0.0528 e. The molecule has 0 bridgehead atoms. The minimum atomic E-state index is 0.892. The van der Waals surface area contributed by atoms with E-state index in [0.717, 1.165) is 10.8 Å². The molecule has 2 atom stereocenters. The summed E-state index contributed by atoms with van der Waals surface area (Å²) in [7, 11) is 0. The van der Waals surface area contributed by atoms with Crippen molar-refractivity contribution >= 4 is 0 Å². The molecular formula is C14H22. The van der Waals surface area contributed by atoms with Crippen LogP contribution < -0.4 is 0 Å². The predicted octanol–water partition coefficient (Wildman–Crippen LogP) is 4.15. The van der Waals surface area contributed by atoms with E-state index in [2.05, 4.69) is 0 Å². The van der Waals surface area contributed by atoms with E-state index >= 15 is 0 Å². The lowest BCUT2D eigenvalue weighted by atomic mass is 9.76. The summed E-state index contributed by atoms with van der Waals surface area (Å²) >= 11 is 0. The van der Waals surface area contributed by atoms with Crippen LogP contribution >= 0.6 is 0 Å². The van der Waals surface area contributed by atoms with Crippen LogP contribution in [-0.2, 0) is 0 Å². The third kappa shape index (κ3) is 0.823. The second-order valence-electron chi connectivity index (χ2n) is 6.77. The van der Waals surface area contributed by atoms with E-state index in [4.69, 9.17) is 0 Å². The Bertz CT molecular complexity index is 227. The highest BCUT2D eigenvalue weighted by atomic mass is 14.7. The third-order valence-electron chi connectivity index (χ3n) is 6.36. The minimum absolute atomic E-state index is 0.892. The van der Waals surface area contributed by atoms with Crippen molar-refractivity contribution in [3.8, 4) is 0 Å². The number of rotatable bonds is 0. The Balaban J connectivity index is 1.54. The van der Waals surface area contributed by atoms with Crippen molar-refractivity contribution in [1.29, 1.82) is 0 Å². The van der Waals surface area contributed by atoms with E-state index in [-0.39, 0.29) is 0 Å². The summed E-state index contributed by atoms with van der Waals surface area (Å²) in [6.07, 6.45) is 15.9. The fourth-order valence-corrected chi connectivity index (χ4v) is 5.69. The lowest BCUT2D eigenvalue weighted by molar-refractivity contribution is 0.215. The lowest BCUT2D eigenvalue weighted by Gasteiger charge is -2.29. The molecule has 4 aliphatic carbocycles. The Labute approximate surface area is 87.5 Å². The van der Waals surface area contributed by atoms with Crippen LogP contribution in [0.1, 0.15) is 64.2 Å². The molecule has 4 rings (SSSR count). The fourth-order valence-electron chi connectivity index (χ4n) is 5.69. The molecule has 2 unspecified atom stereocenters.